The van der Waals surface area contributed by atoms with Crippen LogP contribution in [0.15, 0.2) is 40.5 Å². The van der Waals surface area contributed by atoms with Crippen LogP contribution in [-0.4, -0.2) is 31.6 Å². The second-order valence-corrected chi connectivity index (χ2v) is 5.48. The van der Waals surface area contributed by atoms with E-state index in [0.29, 0.717) is 0 Å². The number of rotatable bonds is 8. The zero-order valence-electron chi connectivity index (χ0n) is 10.8. The summed E-state index contributed by atoms with van der Waals surface area (Å²) < 4.78 is 5.06. The van der Waals surface area contributed by atoms with E-state index in [-0.39, 0.29) is 0 Å². The smallest absolute Gasteiger partial charge is 0.0947 e. The van der Waals surface area contributed by atoms with E-state index < -0.39 is 0 Å². The minimum atomic E-state index is 0.948. The van der Waals surface area contributed by atoms with Crippen molar-refractivity contribution in [3.63, 3.8) is 0 Å². The molecule has 2 rings (SSSR count). The van der Waals surface area contributed by atoms with E-state index in [9.17, 15) is 0 Å². The molecule has 0 amide bonds. The fourth-order valence-corrected chi connectivity index (χ4v) is 2.54. The van der Waals surface area contributed by atoms with Gasteiger partial charge in [0.2, 0.25) is 0 Å². The molecule has 0 unspecified atom stereocenters. The molecule has 0 aliphatic rings. The Hall–Kier alpha value is -1.10. The molecule has 0 aliphatic heterocycles. The summed E-state index contributed by atoms with van der Waals surface area (Å²) in [5.41, 5.74) is 1.23. The summed E-state index contributed by atoms with van der Waals surface area (Å²) in [6, 6.07) is 6.32. The highest BCUT2D eigenvalue weighted by Crippen LogP contribution is 2.08. The topological polar surface area (TPSA) is 28.4 Å². The number of nitrogens with one attached hydrogen (secondary N) is 1. The summed E-state index contributed by atoms with van der Waals surface area (Å²) in [6.45, 7) is 4.08. The van der Waals surface area contributed by atoms with Crippen LogP contribution in [-0.2, 0) is 13.0 Å². The first-order chi connectivity index (χ1) is 8.84. The zero-order chi connectivity index (χ0) is 12.6. The standard InChI is InChI=1S/C14H20N2OS/c1-16(11-13-5-9-17-12-13)8-7-15-6-4-14-3-2-10-18-14/h2-3,5,9-10,12,15H,4,6-8,11H2,1H3. The number of likely N-dealkylation sites (N-methyl/N-ethyl adjacent to an activating group) is 1. The maximum absolute atomic E-state index is 5.06. The third-order valence-corrected chi connectivity index (χ3v) is 3.77. The molecule has 0 atom stereocenters. The molecule has 0 fully saturated rings. The lowest BCUT2D eigenvalue weighted by atomic mass is 10.3. The van der Waals surface area contributed by atoms with Crippen molar-refractivity contribution in [2.75, 3.05) is 26.7 Å². The number of thiophene rings is 1. The van der Waals surface area contributed by atoms with Gasteiger partial charge in [0, 0.05) is 36.6 Å². The van der Waals surface area contributed by atoms with Crippen molar-refractivity contribution in [1.82, 2.24) is 10.2 Å². The summed E-state index contributed by atoms with van der Waals surface area (Å²) in [4.78, 5) is 3.75. The van der Waals surface area contributed by atoms with E-state index in [4.69, 9.17) is 4.42 Å². The average Bonchev–Trinajstić information content (AvgIpc) is 3.01. The molecule has 3 nitrogen and oxygen atoms in total. The molecule has 18 heavy (non-hydrogen) atoms. The first-order valence-corrected chi connectivity index (χ1v) is 7.15. The number of furan rings is 1. The largest absolute Gasteiger partial charge is 0.472 e. The molecule has 1 N–H and O–H groups in total. The van der Waals surface area contributed by atoms with Gasteiger partial charge in [0.05, 0.1) is 12.5 Å². The van der Waals surface area contributed by atoms with E-state index >= 15 is 0 Å². The molecule has 2 aromatic heterocycles. The normalized spacial score (nSPS) is 11.2. The van der Waals surface area contributed by atoms with Crippen molar-refractivity contribution >= 4 is 11.3 Å². The second-order valence-electron chi connectivity index (χ2n) is 4.45. The van der Waals surface area contributed by atoms with Gasteiger partial charge >= 0.3 is 0 Å². The van der Waals surface area contributed by atoms with Crippen LogP contribution in [0.5, 0.6) is 0 Å². The van der Waals surface area contributed by atoms with Crippen LogP contribution in [0.25, 0.3) is 0 Å². The predicted octanol–water partition coefficient (Wildman–Crippen LogP) is 2.61. The number of hydrogen-bond acceptors (Lipinski definition) is 4. The van der Waals surface area contributed by atoms with Gasteiger partial charge in [-0.1, -0.05) is 6.07 Å². The fraction of sp³-hybridized carbons (Fsp3) is 0.429. The van der Waals surface area contributed by atoms with Crippen molar-refractivity contribution in [2.45, 2.75) is 13.0 Å². The van der Waals surface area contributed by atoms with Crippen molar-refractivity contribution in [3.05, 3.63) is 46.5 Å². The molecular formula is C14H20N2OS. The Morgan fingerprint density at radius 2 is 2.28 bits per heavy atom. The van der Waals surface area contributed by atoms with Crippen LogP contribution in [0.1, 0.15) is 10.4 Å². The molecule has 0 bridgehead atoms. The lowest BCUT2D eigenvalue weighted by molar-refractivity contribution is 0.323. The summed E-state index contributed by atoms with van der Waals surface area (Å²) in [5, 5.41) is 5.61. The molecule has 0 radical (unpaired) electrons. The van der Waals surface area contributed by atoms with Gasteiger partial charge in [-0.25, -0.2) is 0 Å². The molecule has 0 aromatic carbocycles. The van der Waals surface area contributed by atoms with Gasteiger partial charge in [-0.15, -0.1) is 11.3 Å². The van der Waals surface area contributed by atoms with Gasteiger partial charge < -0.3 is 14.6 Å². The first-order valence-electron chi connectivity index (χ1n) is 6.27. The fourth-order valence-electron chi connectivity index (χ4n) is 1.83. The Labute approximate surface area is 112 Å². The van der Waals surface area contributed by atoms with Gasteiger partial charge in [-0.3, -0.25) is 0 Å². The van der Waals surface area contributed by atoms with Gasteiger partial charge in [0.25, 0.3) is 0 Å². The molecular weight excluding hydrogens is 244 g/mol. The highest BCUT2D eigenvalue weighted by molar-refractivity contribution is 7.09. The van der Waals surface area contributed by atoms with E-state index in [1.165, 1.54) is 10.4 Å². The highest BCUT2D eigenvalue weighted by Gasteiger charge is 2.01. The van der Waals surface area contributed by atoms with E-state index in [1.54, 1.807) is 12.5 Å². The molecule has 2 aromatic rings. The van der Waals surface area contributed by atoms with Gasteiger partial charge in [-0.05, 0) is 31.0 Å². The van der Waals surface area contributed by atoms with Crippen molar-refractivity contribution in [3.8, 4) is 0 Å². The Kier molecular flexibility index (Phi) is 5.45. The minimum Gasteiger partial charge on any atom is -0.472 e. The SMILES string of the molecule is CN(CCNCCc1cccs1)Cc1ccoc1. The monoisotopic (exact) mass is 264 g/mol. The number of hydrogen-bond donors (Lipinski definition) is 1. The van der Waals surface area contributed by atoms with Gasteiger partial charge in [0.1, 0.15) is 0 Å². The van der Waals surface area contributed by atoms with Crippen LogP contribution >= 0.6 is 11.3 Å². The van der Waals surface area contributed by atoms with Gasteiger partial charge in [0.15, 0.2) is 0 Å². The molecule has 0 saturated carbocycles. The third-order valence-electron chi connectivity index (χ3n) is 2.83. The van der Waals surface area contributed by atoms with Crippen LogP contribution < -0.4 is 5.32 Å². The molecule has 0 aliphatic carbocycles. The molecule has 2 heterocycles. The summed E-state index contributed by atoms with van der Waals surface area (Å²) in [6.07, 6.45) is 4.66. The second kappa shape index (κ2) is 7.36. The Morgan fingerprint density at radius 3 is 3.00 bits per heavy atom. The average molecular weight is 264 g/mol. The van der Waals surface area contributed by atoms with E-state index in [0.717, 1.165) is 32.6 Å². The summed E-state index contributed by atoms with van der Waals surface area (Å²) in [7, 11) is 2.13. The van der Waals surface area contributed by atoms with Crippen molar-refractivity contribution < 1.29 is 4.42 Å². The molecule has 98 valence electrons. The molecule has 0 spiro atoms. The Bertz CT molecular complexity index is 411. The van der Waals surface area contributed by atoms with Crippen LogP contribution in [0, 0.1) is 0 Å². The minimum absolute atomic E-state index is 0.948. The summed E-state index contributed by atoms with van der Waals surface area (Å²) in [5.74, 6) is 0. The maximum Gasteiger partial charge on any atom is 0.0947 e. The van der Waals surface area contributed by atoms with E-state index in [1.807, 2.05) is 17.4 Å². The Morgan fingerprint density at radius 1 is 1.33 bits per heavy atom. The van der Waals surface area contributed by atoms with Crippen LogP contribution in [0.2, 0.25) is 0 Å². The number of nitrogens with zero attached hydrogens (tertiary/aromatic N) is 1. The van der Waals surface area contributed by atoms with Crippen molar-refractivity contribution in [1.29, 1.82) is 0 Å². The lowest BCUT2D eigenvalue weighted by Crippen LogP contribution is -2.29. The first kappa shape index (κ1) is 13.3. The lowest BCUT2D eigenvalue weighted by Gasteiger charge is -2.15. The molecule has 4 heteroatoms. The highest BCUT2D eigenvalue weighted by atomic mass is 32.1. The predicted molar refractivity (Wildman–Crippen MR) is 75.9 cm³/mol. The Balaban J connectivity index is 1.52. The maximum atomic E-state index is 5.06. The van der Waals surface area contributed by atoms with E-state index in [2.05, 4.69) is 34.8 Å². The van der Waals surface area contributed by atoms with Crippen molar-refractivity contribution in [2.24, 2.45) is 0 Å². The molecule has 0 saturated heterocycles. The quantitative estimate of drug-likeness (QED) is 0.743. The van der Waals surface area contributed by atoms with Crippen LogP contribution in [0.3, 0.4) is 0 Å². The van der Waals surface area contributed by atoms with Crippen LogP contribution in [0.4, 0.5) is 0 Å². The summed E-state index contributed by atoms with van der Waals surface area (Å²) >= 11 is 1.83. The van der Waals surface area contributed by atoms with Gasteiger partial charge in [-0.2, -0.15) is 0 Å². The zero-order valence-corrected chi connectivity index (χ0v) is 11.6. The third kappa shape index (κ3) is 4.64.